The van der Waals surface area contributed by atoms with Crippen LogP contribution in [0, 0.1) is 5.92 Å². The molecule has 1 aliphatic carbocycles. The number of hydrogen-bond acceptors (Lipinski definition) is 6. The number of fused-ring (bicyclic) bond motifs is 5. The molecule has 0 bridgehead atoms. The molecule has 5 rings (SSSR count). The molecule has 7 heteroatoms. The molecule has 0 radical (unpaired) electrons. The zero-order valence-corrected chi connectivity index (χ0v) is 13.6. The van der Waals surface area contributed by atoms with E-state index in [0.717, 1.165) is 24.5 Å². The van der Waals surface area contributed by atoms with Crippen molar-refractivity contribution in [3.8, 4) is 0 Å². The second kappa shape index (κ2) is 5.19. The maximum absolute atomic E-state index is 13.0. The van der Waals surface area contributed by atoms with Crippen LogP contribution in [0.15, 0.2) is 35.3 Å². The molecule has 1 saturated carbocycles. The maximum atomic E-state index is 13.0. The highest BCUT2D eigenvalue weighted by Crippen LogP contribution is 2.39. The van der Waals surface area contributed by atoms with E-state index < -0.39 is 0 Å². The Labute approximate surface area is 141 Å². The van der Waals surface area contributed by atoms with Crippen molar-refractivity contribution < 1.29 is 4.79 Å². The van der Waals surface area contributed by atoms with Crippen LogP contribution in [0.5, 0.6) is 0 Å². The number of nitrogens with one attached hydrogen (secondary N) is 3. The number of rotatable bonds is 2. The first kappa shape index (κ1) is 14.2. The predicted octanol–water partition coefficient (Wildman–Crippen LogP) is 0.539. The van der Waals surface area contributed by atoms with Crippen LogP contribution in [0.4, 0.5) is 5.69 Å². The maximum Gasteiger partial charge on any atom is 0.239 e. The number of carbonyl (C=O) groups is 1. The third kappa shape index (κ3) is 1.91. The number of guanidine groups is 1. The summed E-state index contributed by atoms with van der Waals surface area (Å²) < 4.78 is 0. The van der Waals surface area contributed by atoms with Crippen LogP contribution in [0.1, 0.15) is 19.3 Å². The lowest BCUT2D eigenvalue weighted by Gasteiger charge is -2.43. The van der Waals surface area contributed by atoms with Gasteiger partial charge in [0.25, 0.3) is 0 Å². The highest BCUT2D eigenvalue weighted by Gasteiger charge is 2.56. The standard InChI is InChI=1S/C17H22N6O/c1-22-16(24)13-14(18-10-6-3-2-4-7-10)20-21-15(13)23-12-9-5-8-11(12)19-17(22)23/h2-4,6-7,11-15,18,20-21H,5,8-9H2,1H3/t11-,12+,13?,14?,15?/m1/s1. The van der Waals surface area contributed by atoms with Crippen molar-refractivity contribution in [3.63, 3.8) is 0 Å². The molecule has 0 spiro atoms. The Morgan fingerprint density at radius 2 is 2.04 bits per heavy atom. The van der Waals surface area contributed by atoms with Gasteiger partial charge in [0.05, 0.1) is 12.1 Å². The number of benzene rings is 1. The minimum Gasteiger partial charge on any atom is -0.368 e. The molecule has 3 N–H and O–H groups in total. The molecule has 4 aliphatic rings. The summed E-state index contributed by atoms with van der Waals surface area (Å²) in [5, 5.41) is 3.44. The van der Waals surface area contributed by atoms with Crippen LogP contribution >= 0.6 is 0 Å². The van der Waals surface area contributed by atoms with Gasteiger partial charge in [0.1, 0.15) is 18.2 Å². The van der Waals surface area contributed by atoms with E-state index in [4.69, 9.17) is 4.99 Å². The fourth-order valence-electron chi connectivity index (χ4n) is 4.57. The van der Waals surface area contributed by atoms with E-state index in [1.54, 1.807) is 4.90 Å². The van der Waals surface area contributed by atoms with Crippen molar-refractivity contribution in [2.75, 3.05) is 12.4 Å². The molecule has 1 aromatic rings. The molecule has 5 atom stereocenters. The van der Waals surface area contributed by atoms with Gasteiger partial charge in [0.15, 0.2) is 0 Å². The fourth-order valence-corrected chi connectivity index (χ4v) is 4.57. The highest BCUT2D eigenvalue weighted by atomic mass is 16.2. The van der Waals surface area contributed by atoms with Gasteiger partial charge in [-0.15, -0.1) is 0 Å². The Morgan fingerprint density at radius 1 is 1.21 bits per heavy atom. The monoisotopic (exact) mass is 326 g/mol. The van der Waals surface area contributed by atoms with Crippen LogP contribution in [0.2, 0.25) is 0 Å². The van der Waals surface area contributed by atoms with Crippen LogP contribution < -0.4 is 16.2 Å². The van der Waals surface area contributed by atoms with Crippen LogP contribution in [0.25, 0.3) is 0 Å². The first-order valence-corrected chi connectivity index (χ1v) is 8.70. The molecule has 1 aromatic carbocycles. The van der Waals surface area contributed by atoms with Gasteiger partial charge < -0.3 is 10.2 Å². The number of carbonyl (C=O) groups excluding carboxylic acids is 1. The fraction of sp³-hybridized carbons (Fsp3) is 0.529. The topological polar surface area (TPSA) is 72.0 Å². The zero-order chi connectivity index (χ0) is 16.3. The zero-order valence-electron chi connectivity index (χ0n) is 13.6. The molecule has 24 heavy (non-hydrogen) atoms. The van der Waals surface area contributed by atoms with Gasteiger partial charge in [-0.1, -0.05) is 18.2 Å². The van der Waals surface area contributed by atoms with E-state index in [9.17, 15) is 4.79 Å². The molecule has 3 fully saturated rings. The summed E-state index contributed by atoms with van der Waals surface area (Å²) in [4.78, 5) is 21.9. The minimum atomic E-state index is -0.187. The van der Waals surface area contributed by atoms with Gasteiger partial charge in [-0.3, -0.25) is 9.69 Å². The van der Waals surface area contributed by atoms with Crippen molar-refractivity contribution in [3.05, 3.63) is 30.3 Å². The van der Waals surface area contributed by atoms with E-state index >= 15 is 0 Å². The highest BCUT2D eigenvalue weighted by molar-refractivity contribution is 6.02. The lowest BCUT2D eigenvalue weighted by Crippen LogP contribution is -2.64. The normalized spacial score (nSPS) is 37.1. The van der Waals surface area contributed by atoms with Gasteiger partial charge in [-0.2, -0.15) is 0 Å². The molecule has 2 saturated heterocycles. The van der Waals surface area contributed by atoms with Crippen molar-refractivity contribution in [1.29, 1.82) is 0 Å². The molecule has 3 heterocycles. The molecule has 0 aromatic heterocycles. The van der Waals surface area contributed by atoms with Crippen LogP contribution in [-0.2, 0) is 4.79 Å². The van der Waals surface area contributed by atoms with Crippen LogP contribution in [-0.4, -0.2) is 53.1 Å². The van der Waals surface area contributed by atoms with E-state index in [1.807, 2.05) is 37.4 Å². The van der Waals surface area contributed by atoms with Gasteiger partial charge in [-0.05, 0) is 31.4 Å². The summed E-state index contributed by atoms with van der Waals surface area (Å²) in [5.41, 5.74) is 7.64. The largest absolute Gasteiger partial charge is 0.368 e. The number of amides is 1. The van der Waals surface area contributed by atoms with E-state index in [1.165, 1.54) is 6.42 Å². The van der Waals surface area contributed by atoms with Gasteiger partial charge in [-0.25, -0.2) is 15.8 Å². The Hall–Kier alpha value is -2.12. The van der Waals surface area contributed by atoms with Crippen molar-refractivity contribution in [2.24, 2.45) is 10.9 Å². The number of anilines is 1. The Bertz CT molecular complexity index is 692. The smallest absolute Gasteiger partial charge is 0.239 e. The number of nitrogens with zero attached hydrogens (tertiary/aromatic N) is 3. The van der Waals surface area contributed by atoms with Gasteiger partial charge >= 0.3 is 0 Å². The minimum absolute atomic E-state index is 0.0400. The van der Waals surface area contributed by atoms with Crippen molar-refractivity contribution in [2.45, 2.75) is 43.7 Å². The predicted molar refractivity (Wildman–Crippen MR) is 90.9 cm³/mol. The summed E-state index contributed by atoms with van der Waals surface area (Å²) in [7, 11) is 1.85. The number of aliphatic imine (C=N–C) groups is 1. The van der Waals surface area contributed by atoms with Crippen molar-refractivity contribution >= 4 is 17.6 Å². The second-order valence-electron chi connectivity index (χ2n) is 7.05. The number of hydrazine groups is 1. The van der Waals surface area contributed by atoms with E-state index in [-0.39, 0.29) is 24.2 Å². The number of hydrogen-bond donors (Lipinski definition) is 3. The second-order valence-corrected chi connectivity index (χ2v) is 7.05. The average molecular weight is 326 g/mol. The first-order chi connectivity index (χ1) is 11.7. The summed E-state index contributed by atoms with van der Waals surface area (Å²) in [5.74, 6) is 0.764. The van der Waals surface area contributed by atoms with Crippen LogP contribution in [0.3, 0.4) is 0 Å². The van der Waals surface area contributed by atoms with Gasteiger partial charge in [0.2, 0.25) is 11.9 Å². The summed E-state index contributed by atoms with van der Waals surface area (Å²) in [6.45, 7) is 0. The molecular formula is C17H22N6O. The summed E-state index contributed by atoms with van der Waals surface area (Å²) >= 11 is 0. The summed E-state index contributed by atoms with van der Waals surface area (Å²) in [6.07, 6.45) is 3.32. The van der Waals surface area contributed by atoms with Gasteiger partial charge in [0, 0.05) is 12.7 Å². The molecule has 126 valence electrons. The SMILES string of the molecule is CN1C(=O)C2C(Nc3ccccc3)NNC2N2C1=N[C@@H]1CCC[C@@H]12. The Kier molecular flexibility index (Phi) is 3.08. The molecule has 3 aliphatic heterocycles. The Morgan fingerprint density at radius 3 is 2.88 bits per heavy atom. The molecule has 1 amide bonds. The van der Waals surface area contributed by atoms with E-state index in [2.05, 4.69) is 21.1 Å². The van der Waals surface area contributed by atoms with E-state index in [0.29, 0.717) is 12.1 Å². The third-order valence-electron chi connectivity index (χ3n) is 5.71. The third-order valence-corrected chi connectivity index (χ3v) is 5.71. The molecular weight excluding hydrogens is 304 g/mol. The van der Waals surface area contributed by atoms with Crippen molar-refractivity contribution in [1.82, 2.24) is 20.7 Å². The average Bonchev–Trinajstić information content (AvgIpc) is 3.27. The molecule has 7 nitrogen and oxygen atoms in total. The lowest BCUT2D eigenvalue weighted by atomic mass is 9.97. The molecule has 3 unspecified atom stereocenters. The summed E-state index contributed by atoms with van der Waals surface area (Å²) in [6, 6.07) is 10.8. The first-order valence-electron chi connectivity index (χ1n) is 8.70. The number of para-hydroxylation sites is 1. The lowest BCUT2D eigenvalue weighted by molar-refractivity contribution is -0.135. The Balaban J connectivity index is 1.45. The quantitative estimate of drug-likeness (QED) is 0.740.